The highest BCUT2D eigenvalue weighted by Crippen LogP contribution is 2.22. The lowest BCUT2D eigenvalue weighted by atomic mass is 10.2. The molecule has 2 aromatic heterocycles. The van der Waals surface area contributed by atoms with Gasteiger partial charge < -0.3 is 4.90 Å². The average molecular weight is 336 g/mol. The summed E-state index contributed by atoms with van der Waals surface area (Å²) in [6.45, 7) is 3.30. The number of hydrogen-bond acceptors (Lipinski definition) is 4. The minimum absolute atomic E-state index is 0.0469. The number of amides is 1. The molecule has 0 saturated carbocycles. The molecule has 1 saturated heterocycles. The fourth-order valence-electron chi connectivity index (χ4n) is 3.31. The molecular formula is C18H20N6O. The van der Waals surface area contributed by atoms with Crippen LogP contribution in [-0.4, -0.2) is 48.2 Å². The molecule has 0 unspecified atom stereocenters. The lowest BCUT2D eigenvalue weighted by Gasteiger charge is -2.24. The van der Waals surface area contributed by atoms with Crippen LogP contribution in [0.1, 0.15) is 29.0 Å². The topological polar surface area (TPSA) is 68.8 Å². The molecule has 3 heterocycles. The van der Waals surface area contributed by atoms with Crippen LogP contribution < -0.4 is 0 Å². The van der Waals surface area contributed by atoms with Gasteiger partial charge in [0.15, 0.2) is 5.69 Å². The summed E-state index contributed by atoms with van der Waals surface area (Å²) >= 11 is 0. The normalized spacial score (nSPS) is 17.2. The smallest absolute Gasteiger partial charge is 0.276 e. The quantitative estimate of drug-likeness (QED) is 0.731. The predicted molar refractivity (Wildman–Crippen MR) is 92.4 cm³/mol. The first-order valence-corrected chi connectivity index (χ1v) is 8.50. The second-order valence-electron chi connectivity index (χ2n) is 6.28. The van der Waals surface area contributed by atoms with E-state index in [-0.39, 0.29) is 11.9 Å². The van der Waals surface area contributed by atoms with E-state index < -0.39 is 0 Å². The van der Waals surface area contributed by atoms with E-state index in [0.717, 1.165) is 25.1 Å². The van der Waals surface area contributed by atoms with Gasteiger partial charge in [0.2, 0.25) is 0 Å². The largest absolute Gasteiger partial charge is 0.332 e. The molecule has 1 amide bonds. The molecule has 0 radical (unpaired) electrons. The van der Waals surface area contributed by atoms with Gasteiger partial charge in [-0.3, -0.25) is 9.48 Å². The first-order valence-electron chi connectivity index (χ1n) is 8.50. The Balaban J connectivity index is 1.57. The van der Waals surface area contributed by atoms with Crippen LogP contribution in [0.5, 0.6) is 0 Å². The Morgan fingerprint density at radius 2 is 2.04 bits per heavy atom. The lowest BCUT2D eigenvalue weighted by Crippen LogP contribution is -2.38. The van der Waals surface area contributed by atoms with Gasteiger partial charge in [0.05, 0.1) is 24.0 Å². The number of hydrogen-bond donors (Lipinski definition) is 0. The van der Waals surface area contributed by atoms with E-state index >= 15 is 0 Å². The van der Waals surface area contributed by atoms with Crippen molar-refractivity contribution in [2.75, 3.05) is 6.54 Å². The SMILES string of the molecule is Cc1nn(-c2ccccc2)nc1C(=O)N1CCC[C@@H]1Cn1cccn1. The molecule has 7 nitrogen and oxygen atoms in total. The molecule has 0 bridgehead atoms. The molecule has 128 valence electrons. The van der Waals surface area contributed by atoms with Gasteiger partial charge in [-0.1, -0.05) is 18.2 Å². The zero-order valence-electron chi connectivity index (χ0n) is 14.1. The van der Waals surface area contributed by atoms with Crippen molar-refractivity contribution >= 4 is 5.91 Å². The first-order chi connectivity index (χ1) is 12.2. The van der Waals surface area contributed by atoms with Crippen molar-refractivity contribution in [1.82, 2.24) is 29.7 Å². The van der Waals surface area contributed by atoms with Gasteiger partial charge >= 0.3 is 0 Å². The molecule has 3 aromatic rings. The van der Waals surface area contributed by atoms with Gasteiger partial charge in [-0.05, 0) is 38.0 Å². The Morgan fingerprint density at radius 3 is 2.80 bits per heavy atom. The summed E-state index contributed by atoms with van der Waals surface area (Å²) in [6, 6.07) is 11.7. The molecule has 1 fully saturated rings. The van der Waals surface area contributed by atoms with Gasteiger partial charge in [0, 0.05) is 18.9 Å². The van der Waals surface area contributed by atoms with Crippen LogP contribution in [0, 0.1) is 6.92 Å². The van der Waals surface area contributed by atoms with E-state index in [0.29, 0.717) is 17.9 Å². The minimum Gasteiger partial charge on any atom is -0.332 e. The number of aromatic nitrogens is 5. The van der Waals surface area contributed by atoms with E-state index in [4.69, 9.17) is 0 Å². The van der Waals surface area contributed by atoms with E-state index in [9.17, 15) is 4.79 Å². The summed E-state index contributed by atoms with van der Waals surface area (Å²) < 4.78 is 1.88. The van der Waals surface area contributed by atoms with E-state index in [1.165, 1.54) is 4.80 Å². The van der Waals surface area contributed by atoms with E-state index in [1.54, 1.807) is 6.20 Å². The van der Waals surface area contributed by atoms with Gasteiger partial charge in [-0.15, -0.1) is 5.10 Å². The highest BCUT2D eigenvalue weighted by Gasteiger charge is 2.32. The maximum atomic E-state index is 13.0. The second kappa shape index (κ2) is 6.51. The number of nitrogens with zero attached hydrogens (tertiary/aromatic N) is 6. The van der Waals surface area contributed by atoms with Crippen LogP contribution in [0.25, 0.3) is 5.69 Å². The number of para-hydroxylation sites is 1. The summed E-state index contributed by atoms with van der Waals surface area (Å²) in [6.07, 6.45) is 5.68. The summed E-state index contributed by atoms with van der Waals surface area (Å²) in [5.41, 5.74) is 1.92. The number of carbonyl (C=O) groups excluding carboxylic acids is 1. The summed E-state index contributed by atoms with van der Waals surface area (Å²) in [7, 11) is 0. The molecule has 1 aliphatic heterocycles. The Labute approximate surface area is 145 Å². The van der Waals surface area contributed by atoms with Crippen molar-refractivity contribution in [2.24, 2.45) is 0 Å². The standard InChI is InChI=1S/C18H20N6O/c1-14-17(21-24(20-14)15-7-3-2-4-8-15)18(25)23-12-5-9-16(23)13-22-11-6-10-19-22/h2-4,6-8,10-11,16H,5,9,12-13H2,1H3/t16-/m1/s1. The van der Waals surface area contributed by atoms with Crippen LogP contribution in [0.15, 0.2) is 48.8 Å². The fraction of sp³-hybridized carbons (Fsp3) is 0.333. The van der Waals surface area contributed by atoms with Crippen molar-refractivity contribution in [1.29, 1.82) is 0 Å². The molecule has 1 aromatic carbocycles. The Hall–Kier alpha value is -2.96. The monoisotopic (exact) mass is 336 g/mol. The van der Waals surface area contributed by atoms with Crippen LogP contribution >= 0.6 is 0 Å². The van der Waals surface area contributed by atoms with Gasteiger partial charge in [0.25, 0.3) is 5.91 Å². The summed E-state index contributed by atoms with van der Waals surface area (Å²) in [5.74, 6) is -0.0469. The third-order valence-electron chi connectivity index (χ3n) is 4.57. The predicted octanol–water partition coefficient (Wildman–Crippen LogP) is 2.08. The average Bonchev–Trinajstić information content (AvgIpc) is 3.37. The highest BCUT2D eigenvalue weighted by molar-refractivity contribution is 5.93. The van der Waals surface area contributed by atoms with E-state index in [2.05, 4.69) is 15.3 Å². The van der Waals surface area contributed by atoms with Crippen LogP contribution in [0.3, 0.4) is 0 Å². The maximum Gasteiger partial charge on any atom is 0.276 e. The molecule has 0 aliphatic carbocycles. The van der Waals surface area contributed by atoms with Gasteiger partial charge in [-0.25, -0.2) is 0 Å². The zero-order chi connectivity index (χ0) is 17.2. The number of aryl methyl sites for hydroxylation is 1. The number of likely N-dealkylation sites (tertiary alicyclic amines) is 1. The third kappa shape index (κ3) is 3.05. The fourth-order valence-corrected chi connectivity index (χ4v) is 3.31. The molecular weight excluding hydrogens is 316 g/mol. The molecule has 1 atom stereocenters. The van der Waals surface area contributed by atoms with E-state index in [1.807, 2.05) is 59.1 Å². The minimum atomic E-state index is -0.0469. The molecule has 0 N–H and O–H groups in total. The van der Waals surface area contributed by atoms with Crippen LogP contribution in [-0.2, 0) is 6.54 Å². The Bertz CT molecular complexity index is 855. The van der Waals surface area contributed by atoms with Crippen LogP contribution in [0.4, 0.5) is 0 Å². The molecule has 0 spiro atoms. The van der Waals surface area contributed by atoms with Crippen molar-refractivity contribution < 1.29 is 4.79 Å². The number of benzene rings is 1. The molecule has 25 heavy (non-hydrogen) atoms. The highest BCUT2D eigenvalue weighted by atomic mass is 16.2. The van der Waals surface area contributed by atoms with Gasteiger partial charge in [0.1, 0.15) is 0 Å². The molecule has 1 aliphatic rings. The summed E-state index contributed by atoms with van der Waals surface area (Å²) in [4.78, 5) is 16.5. The number of carbonyl (C=O) groups is 1. The van der Waals surface area contributed by atoms with Crippen molar-refractivity contribution in [3.63, 3.8) is 0 Å². The van der Waals surface area contributed by atoms with Crippen molar-refractivity contribution in [2.45, 2.75) is 32.4 Å². The molecule has 4 rings (SSSR count). The van der Waals surface area contributed by atoms with Crippen molar-refractivity contribution in [3.05, 3.63) is 60.2 Å². The zero-order valence-corrected chi connectivity index (χ0v) is 14.1. The summed E-state index contributed by atoms with van der Waals surface area (Å²) in [5, 5.41) is 13.1. The van der Waals surface area contributed by atoms with Gasteiger partial charge in [-0.2, -0.15) is 15.0 Å². The van der Waals surface area contributed by atoms with Crippen molar-refractivity contribution in [3.8, 4) is 5.69 Å². The molecule has 7 heteroatoms. The number of rotatable bonds is 4. The Morgan fingerprint density at radius 1 is 1.20 bits per heavy atom. The van der Waals surface area contributed by atoms with Crippen LogP contribution in [0.2, 0.25) is 0 Å². The second-order valence-corrected chi connectivity index (χ2v) is 6.28. The first kappa shape index (κ1) is 15.6. The third-order valence-corrected chi connectivity index (χ3v) is 4.57. The maximum absolute atomic E-state index is 13.0. The lowest BCUT2D eigenvalue weighted by molar-refractivity contribution is 0.0714. The Kier molecular flexibility index (Phi) is 4.05.